The second-order valence-corrected chi connectivity index (χ2v) is 9.37. The maximum absolute atomic E-state index is 12.6. The average Bonchev–Trinajstić information content (AvgIpc) is 2.76. The summed E-state index contributed by atoms with van der Waals surface area (Å²) in [6.07, 6.45) is 3.58. The van der Waals surface area contributed by atoms with Crippen LogP contribution in [-0.2, 0) is 11.2 Å². The Morgan fingerprint density at radius 3 is 2.78 bits per heavy atom. The molecule has 1 saturated carbocycles. The Bertz CT molecular complexity index is 1180. The van der Waals surface area contributed by atoms with E-state index in [1.165, 1.54) is 11.1 Å². The number of fused-ring (bicyclic) bond motifs is 2. The molecule has 1 aromatic heterocycles. The van der Waals surface area contributed by atoms with Crippen molar-refractivity contribution in [3.05, 3.63) is 68.8 Å². The van der Waals surface area contributed by atoms with Crippen LogP contribution < -0.4 is 15.1 Å². The van der Waals surface area contributed by atoms with E-state index in [9.17, 15) is 4.79 Å². The lowest BCUT2D eigenvalue weighted by Crippen LogP contribution is -2.34. The highest BCUT2D eigenvalue weighted by Gasteiger charge is 2.27. The standard InChI is InChI=1S/C26H28ClNO4/c1-16-12-20(13-16)31-11-10-30-19-6-7-21-17(2)28(9-8-18(21)14-19)25-15-24(29)22-4-3-5-23(27)26(22)32-25/h3-7,14-17,20H,8-13H2,1-2H3. The molecule has 5 rings (SSSR count). The first kappa shape index (κ1) is 21.4. The van der Waals surface area contributed by atoms with Gasteiger partial charge < -0.3 is 18.8 Å². The minimum absolute atomic E-state index is 0.0693. The zero-order valence-corrected chi connectivity index (χ0v) is 19.2. The van der Waals surface area contributed by atoms with E-state index in [1.807, 2.05) is 6.07 Å². The quantitative estimate of drug-likeness (QED) is 0.444. The van der Waals surface area contributed by atoms with Crippen LogP contribution in [0.3, 0.4) is 0 Å². The number of anilines is 1. The molecule has 2 heterocycles. The van der Waals surface area contributed by atoms with Gasteiger partial charge in [-0.1, -0.05) is 30.7 Å². The Morgan fingerprint density at radius 2 is 1.97 bits per heavy atom. The Balaban J connectivity index is 1.29. The van der Waals surface area contributed by atoms with E-state index >= 15 is 0 Å². The number of hydrogen-bond donors (Lipinski definition) is 0. The van der Waals surface area contributed by atoms with Gasteiger partial charge in [-0.05, 0) is 67.5 Å². The van der Waals surface area contributed by atoms with Gasteiger partial charge in [0.2, 0.25) is 5.88 Å². The maximum atomic E-state index is 12.6. The van der Waals surface area contributed by atoms with Crippen molar-refractivity contribution < 1.29 is 13.9 Å². The maximum Gasteiger partial charge on any atom is 0.200 e. The largest absolute Gasteiger partial charge is 0.491 e. The van der Waals surface area contributed by atoms with Crippen molar-refractivity contribution in [3.8, 4) is 5.75 Å². The molecule has 1 atom stereocenters. The summed E-state index contributed by atoms with van der Waals surface area (Å²) in [6, 6.07) is 13.1. The minimum atomic E-state index is -0.0796. The van der Waals surface area contributed by atoms with Gasteiger partial charge in [0.1, 0.15) is 12.4 Å². The van der Waals surface area contributed by atoms with E-state index in [0.29, 0.717) is 41.2 Å². The summed E-state index contributed by atoms with van der Waals surface area (Å²) in [5.41, 5.74) is 2.84. The first-order chi connectivity index (χ1) is 15.5. The van der Waals surface area contributed by atoms with E-state index in [2.05, 4.69) is 30.9 Å². The van der Waals surface area contributed by atoms with Crippen LogP contribution in [0.25, 0.3) is 11.0 Å². The van der Waals surface area contributed by atoms with E-state index in [-0.39, 0.29) is 11.5 Å². The van der Waals surface area contributed by atoms with Crippen LogP contribution in [0.5, 0.6) is 5.75 Å². The number of benzene rings is 2. The van der Waals surface area contributed by atoms with Gasteiger partial charge in [-0.3, -0.25) is 4.79 Å². The molecule has 1 aliphatic carbocycles. The molecule has 5 nitrogen and oxygen atoms in total. The molecule has 3 aromatic rings. The Hall–Kier alpha value is -2.50. The third-order valence-corrected chi connectivity index (χ3v) is 6.96. The fourth-order valence-electron chi connectivity index (χ4n) is 4.81. The molecule has 0 N–H and O–H groups in total. The molecule has 168 valence electrons. The predicted octanol–water partition coefficient (Wildman–Crippen LogP) is 5.76. The summed E-state index contributed by atoms with van der Waals surface area (Å²) in [6.45, 7) is 6.33. The summed E-state index contributed by atoms with van der Waals surface area (Å²) in [5.74, 6) is 2.22. The van der Waals surface area contributed by atoms with E-state index in [1.54, 1.807) is 24.3 Å². The lowest BCUT2D eigenvalue weighted by Gasteiger charge is -2.36. The normalized spacial score (nSPS) is 22.5. The molecule has 0 saturated heterocycles. The molecule has 0 amide bonds. The first-order valence-electron chi connectivity index (χ1n) is 11.4. The summed E-state index contributed by atoms with van der Waals surface area (Å²) < 4.78 is 17.8. The fraction of sp³-hybridized carbons (Fsp3) is 0.423. The molecule has 32 heavy (non-hydrogen) atoms. The third-order valence-electron chi connectivity index (χ3n) is 6.67. The number of halogens is 1. The molecule has 6 heteroatoms. The van der Waals surface area contributed by atoms with Crippen molar-refractivity contribution >= 4 is 28.5 Å². The van der Waals surface area contributed by atoms with Crippen LogP contribution >= 0.6 is 11.6 Å². The van der Waals surface area contributed by atoms with Gasteiger partial charge in [-0.15, -0.1) is 0 Å². The molecule has 1 unspecified atom stereocenters. The summed E-state index contributed by atoms with van der Waals surface area (Å²) in [5, 5.41) is 0.952. The highest BCUT2D eigenvalue weighted by Crippen LogP contribution is 2.36. The zero-order valence-electron chi connectivity index (χ0n) is 18.5. The van der Waals surface area contributed by atoms with Crippen molar-refractivity contribution in [2.45, 2.75) is 45.3 Å². The molecular formula is C26H28ClNO4. The molecule has 2 aliphatic rings. The number of rotatable bonds is 6. The number of ether oxygens (including phenoxy) is 2. The van der Waals surface area contributed by atoms with Crippen LogP contribution in [0.1, 0.15) is 43.9 Å². The molecule has 1 fully saturated rings. The van der Waals surface area contributed by atoms with Gasteiger partial charge in [-0.2, -0.15) is 0 Å². The van der Waals surface area contributed by atoms with E-state index in [4.69, 9.17) is 25.5 Å². The number of hydrogen-bond acceptors (Lipinski definition) is 5. The minimum Gasteiger partial charge on any atom is -0.491 e. The third kappa shape index (κ3) is 4.12. The van der Waals surface area contributed by atoms with Gasteiger partial charge in [0, 0.05) is 12.6 Å². The van der Waals surface area contributed by atoms with Crippen LogP contribution in [0, 0.1) is 5.92 Å². The highest BCUT2D eigenvalue weighted by atomic mass is 35.5. The second kappa shape index (κ2) is 8.80. The Kier molecular flexibility index (Phi) is 5.87. The second-order valence-electron chi connectivity index (χ2n) is 8.96. The molecule has 1 aliphatic heterocycles. The summed E-state index contributed by atoms with van der Waals surface area (Å²) in [4.78, 5) is 14.8. The topological polar surface area (TPSA) is 51.9 Å². The average molecular weight is 454 g/mol. The summed E-state index contributed by atoms with van der Waals surface area (Å²) >= 11 is 6.29. The van der Waals surface area contributed by atoms with Crippen molar-refractivity contribution in [3.63, 3.8) is 0 Å². The Morgan fingerprint density at radius 1 is 1.12 bits per heavy atom. The highest BCUT2D eigenvalue weighted by molar-refractivity contribution is 6.34. The van der Waals surface area contributed by atoms with Gasteiger partial charge in [0.15, 0.2) is 11.0 Å². The van der Waals surface area contributed by atoms with Crippen LogP contribution in [-0.4, -0.2) is 25.9 Å². The van der Waals surface area contributed by atoms with E-state index < -0.39 is 0 Å². The first-order valence-corrected chi connectivity index (χ1v) is 11.7. The molecule has 0 bridgehead atoms. The molecule has 0 spiro atoms. The lowest BCUT2D eigenvalue weighted by atomic mass is 9.84. The monoisotopic (exact) mass is 453 g/mol. The predicted molar refractivity (Wildman–Crippen MR) is 127 cm³/mol. The van der Waals surface area contributed by atoms with Gasteiger partial charge in [0.25, 0.3) is 0 Å². The zero-order chi connectivity index (χ0) is 22.2. The molecular weight excluding hydrogens is 426 g/mol. The van der Waals surface area contributed by atoms with Crippen LogP contribution in [0.2, 0.25) is 5.02 Å². The van der Waals surface area contributed by atoms with Gasteiger partial charge in [0.05, 0.1) is 29.2 Å². The van der Waals surface area contributed by atoms with Crippen molar-refractivity contribution in [2.24, 2.45) is 5.92 Å². The molecule has 0 radical (unpaired) electrons. The van der Waals surface area contributed by atoms with Crippen molar-refractivity contribution in [1.82, 2.24) is 0 Å². The van der Waals surface area contributed by atoms with Crippen LogP contribution in [0.4, 0.5) is 5.88 Å². The lowest BCUT2D eigenvalue weighted by molar-refractivity contribution is -0.0351. The van der Waals surface area contributed by atoms with Gasteiger partial charge in [-0.25, -0.2) is 0 Å². The number of para-hydroxylation sites is 1. The van der Waals surface area contributed by atoms with Gasteiger partial charge >= 0.3 is 0 Å². The number of nitrogens with zero attached hydrogens (tertiary/aromatic N) is 1. The fourth-order valence-corrected chi connectivity index (χ4v) is 5.02. The van der Waals surface area contributed by atoms with Crippen molar-refractivity contribution in [1.29, 1.82) is 0 Å². The van der Waals surface area contributed by atoms with Crippen molar-refractivity contribution in [2.75, 3.05) is 24.7 Å². The molecule has 2 aromatic carbocycles. The van der Waals surface area contributed by atoms with E-state index in [0.717, 1.165) is 37.5 Å². The van der Waals surface area contributed by atoms with Crippen LogP contribution in [0.15, 0.2) is 51.7 Å². The Labute approximate surface area is 192 Å². The smallest absolute Gasteiger partial charge is 0.200 e. The summed E-state index contributed by atoms with van der Waals surface area (Å²) in [7, 11) is 0. The SMILES string of the molecule is CC1CC(OCCOc2ccc3c(c2)CCN(c2cc(=O)c4cccc(Cl)c4o2)C3C)C1.